The Balaban J connectivity index is 2.37. The second-order valence-electron chi connectivity index (χ2n) is 6.70. The van der Waals surface area contributed by atoms with E-state index in [9.17, 15) is 8.42 Å². The average Bonchev–Trinajstić information content (AvgIpc) is 2.50. The van der Waals surface area contributed by atoms with E-state index in [2.05, 4.69) is 13.8 Å². The number of hydrogen-bond donors (Lipinski definition) is 0. The molecule has 1 aromatic rings. The zero-order valence-corrected chi connectivity index (χ0v) is 15.6. The summed E-state index contributed by atoms with van der Waals surface area (Å²) in [5, 5.41) is 0. The van der Waals surface area contributed by atoms with E-state index < -0.39 is 10.0 Å². The first-order valence-electron chi connectivity index (χ1n) is 8.60. The van der Waals surface area contributed by atoms with Gasteiger partial charge in [0.15, 0.2) is 0 Å². The number of nitrogens with zero attached hydrogens (tertiary/aromatic N) is 1. The molecular weight excluding hydrogens is 310 g/mol. The highest BCUT2D eigenvalue weighted by molar-refractivity contribution is 7.89. The molecule has 1 aromatic carbocycles. The van der Waals surface area contributed by atoms with Crippen molar-refractivity contribution in [2.75, 3.05) is 19.7 Å². The zero-order chi connectivity index (χ0) is 17.0. The number of ether oxygens (including phenoxy) is 1. The number of sulfonamides is 1. The van der Waals surface area contributed by atoms with Crippen LogP contribution in [0.2, 0.25) is 0 Å². The Kier molecular flexibility index (Phi) is 6.09. The highest BCUT2D eigenvalue weighted by Gasteiger charge is 2.31. The quantitative estimate of drug-likeness (QED) is 0.738. The summed E-state index contributed by atoms with van der Waals surface area (Å²) in [7, 11) is -3.49. The van der Waals surface area contributed by atoms with Gasteiger partial charge in [-0.15, -0.1) is 0 Å². The van der Waals surface area contributed by atoms with Crippen LogP contribution in [0.4, 0.5) is 0 Å². The highest BCUT2D eigenvalue weighted by Crippen LogP contribution is 2.32. The van der Waals surface area contributed by atoms with Gasteiger partial charge in [0.2, 0.25) is 10.0 Å². The molecule has 0 bridgehead atoms. The summed E-state index contributed by atoms with van der Waals surface area (Å²) >= 11 is 0. The molecular formula is C18H29NO3S. The molecule has 1 heterocycles. The summed E-state index contributed by atoms with van der Waals surface area (Å²) < 4.78 is 33.6. The van der Waals surface area contributed by atoms with Crippen molar-refractivity contribution in [3.05, 3.63) is 23.3 Å². The lowest BCUT2D eigenvalue weighted by atomic mass is 10.0. The summed E-state index contributed by atoms with van der Waals surface area (Å²) in [6.07, 6.45) is 3.97. The van der Waals surface area contributed by atoms with E-state index in [1.165, 1.54) is 0 Å². The number of rotatable bonds is 6. The van der Waals surface area contributed by atoms with Crippen molar-refractivity contribution in [1.29, 1.82) is 0 Å². The zero-order valence-electron chi connectivity index (χ0n) is 14.8. The molecule has 23 heavy (non-hydrogen) atoms. The van der Waals surface area contributed by atoms with Crippen LogP contribution in [0.15, 0.2) is 17.0 Å². The van der Waals surface area contributed by atoms with Crippen molar-refractivity contribution in [3.8, 4) is 5.75 Å². The molecule has 0 saturated carbocycles. The van der Waals surface area contributed by atoms with Crippen LogP contribution in [0.3, 0.4) is 0 Å². The number of piperidine rings is 1. The minimum absolute atomic E-state index is 0.325. The van der Waals surface area contributed by atoms with Crippen molar-refractivity contribution >= 4 is 10.0 Å². The first kappa shape index (κ1) is 18.3. The normalized spacial score (nSPS) is 19.7. The first-order valence-corrected chi connectivity index (χ1v) is 10.0. The fourth-order valence-corrected chi connectivity index (χ4v) is 4.70. The van der Waals surface area contributed by atoms with E-state index in [0.29, 0.717) is 36.3 Å². The van der Waals surface area contributed by atoms with Gasteiger partial charge in [-0.25, -0.2) is 8.42 Å². The molecule has 0 aromatic heterocycles. The Morgan fingerprint density at radius 3 is 2.61 bits per heavy atom. The maximum absolute atomic E-state index is 13.1. The number of hydrogen-bond acceptors (Lipinski definition) is 3. The van der Waals surface area contributed by atoms with Crippen LogP contribution in [0.25, 0.3) is 0 Å². The molecule has 0 radical (unpaired) electrons. The third kappa shape index (κ3) is 4.27. The fourth-order valence-electron chi connectivity index (χ4n) is 2.91. The molecule has 1 atom stereocenters. The average molecular weight is 340 g/mol. The second-order valence-corrected chi connectivity index (χ2v) is 8.60. The van der Waals surface area contributed by atoms with Gasteiger partial charge in [-0.2, -0.15) is 4.31 Å². The van der Waals surface area contributed by atoms with Crippen molar-refractivity contribution in [2.24, 2.45) is 5.92 Å². The summed E-state index contributed by atoms with van der Waals surface area (Å²) in [6.45, 7) is 9.90. The topological polar surface area (TPSA) is 46.6 Å². The van der Waals surface area contributed by atoms with Crippen molar-refractivity contribution < 1.29 is 13.2 Å². The van der Waals surface area contributed by atoms with Gasteiger partial charge < -0.3 is 4.74 Å². The number of aryl methyl sites for hydroxylation is 2. The monoisotopic (exact) mass is 339 g/mol. The van der Waals surface area contributed by atoms with Gasteiger partial charge in [0, 0.05) is 13.1 Å². The Labute approximate surface area is 140 Å². The molecule has 0 amide bonds. The predicted octanol–water partition coefficient (Wildman–Crippen LogP) is 3.90. The van der Waals surface area contributed by atoms with Gasteiger partial charge >= 0.3 is 0 Å². The first-order chi connectivity index (χ1) is 10.9. The minimum Gasteiger partial charge on any atom is -0.492 e. The largest absolute Gasteiger partial charge is 0.492 e. The van der Waals surface area contributed by atoms with Gasteiger partial charge in [0.1, 0.15) is 10.6 Å². The smallest absolute Gasteiger partial charge is 0.246 e. The van der Waals surface area contributed by atoms with E-state index in [-0.39, 0.29) is 0 Å². The molecule has 130 valence electrons. The lowest BCUT2D eigenvalue weighted by Gasteiger charge is -2.30. The van der Waals surface area contributed by atoms with Crippen LogP contribution < -0.4 is 4.74 Å². The molecule has 1 aliphatic rings. The van der Waals surface area contributed by atoms with Gasteiger partial charge in [0.05, 0.1) is 6.61 Å². The Hall–Kier alpha value is -1.07. The van der Waals surface area contributed by atoms with Crippen LogP contribution in [0.5, 0.6) is 5.75 Å². The highest BCUT2D eigenvalue weighted by atomic mass is 32.2. The molecule has 1 aliphatic heterocycles. The van der Waals surface area contributed by atoms with E-state index >= 15 is 0 Å². The lowest BCUT2D eigenvalue weighted by Crippen LogP contribution is -2.39. The molecule has 1 fully saturated rings. The number of unbranched alkanes of at least 4 members (excludes halogenated alkanes) is 1. The molecule has 0 unspecified atom stereocenters. The van der Waals surface area contributed by atoms with Gasteiger partial charge in [0.25, 0.3) is 0 Å². The van der Waals surface area contributed by atoms with Crippen LogP contribution in [0.1, 0.15) is 50.7 Å². The van der Waals surface area contributed by atoms with Crippen LogP contribution in [-0.2, 0) is 10.0 Å². The van der Waals surface area contributed by atoms with Gasteiger partial charge in [-0.3, -0.25) is 0 Å². The van der Waals surface area contributed by atoms with Crippen LogP contribution in [-0.4, -0.2) is 32.4 Å². The van der Waals surface area contributed by atoms with Crippen molar-refractivity contribution in [3.63, 3.8) is 0 Å². The van der Waals surface area contributed by atoms with E-state index in [4.69, 9.17) is 4.74 Å². The Morgan fingerprint density at radius 2 is 1.96 bits per heavy atom. The van der Waals surface area contributed by atoms with Crippen LogP contribution in [0, 0.1) is 19.8 Å². The Bertz CT molecular complexity index is 640. The van der Waals surface area contributed by atoms with Crippen molar-refractivity contribution in [2.45, 2.75) is 58.3 Å². The molecule has 1 saturated heterocycles. The van der Waals surface area contributed by atoms with Crippen LogP contribution >= 0.6 is 0 Å². The summed E-state index contributed by atoms with van der Waals surface area (Å²) in [4.78, 5) is 0.325. The van der Waals surface area contributed by atoms with Gasteiger partial charge in [-0.1, -0.05) is 20.3 Å². The third-order valence-electron chi connectivity index (χ3n) is 4.55. The Morgan fingerprint density at radius 1 is 1.26 bits per heavy atom. The van der Waals surface area contributed by atoms with E-state index in [0.717, 1.165) is 36.8 Å². The maximum atomic E-state index is 13.1. The maximum Gasteiger partial charge on any atom is 0.246 e. The SMILES string of the molecule is CCCCOc1cc(C)c(C)cc1S(=O)(=O)N1CCC[C@@H](C)C1. The van der Waals surface area contributed by atoms with E-state index in [1.807, 2.05) is 19.9 Å². The third-order valence-corrected chi connectivity index (χ3v) is 6.44. The molecule has 2 rings (SSSR count). The molecule has 0 aliphatic carbocycles. The molecule has 4 nitrogen and oxygen atoms in total. The number of benzene rings is 1. The predicted molar refractivity (Wildman–Crippen MR) is 93.5 cm³/mol. The lowest BCUT2D eigenvalue weighted by molar-refractivity contribution is 0.276. The second kappa shape index (κ2) is 7.67. The standard InChI is InChI=1S/C18H29NO3S/c1-5-6-10-22-17-11-15(3)16(4)12-18(17)23(20,21)19-9-7-8-14(2)13-19/h11-12,14H,5-10,13H2,1-4H3/t14-/m1/s1. The molecule has 0 spiro atoms. The minimum atomic E-state index is -3.49. The molecule has 0 N–H and O–H groups in total. The molecule has 5 heteroatoms. The summed E-state index contributed by atoms with van der Waals surface area (Å²) in [6, 6.07) is 3.64. The fraction of sp³-hybridized carbons (Fsp3) is 0.667. The van der Waals surface area contributed by atoms with E-state index in [1.54, 1.807) is 10.4 Å². The summed E-state index contributed by atoms with van der Waals surface area (Å²) in [5.41, 5.74) is 2.04. The summed E-state index contributed by atoms with van der Waals surface area (Å²) in [5.74, 6) is 0.911. The van der Waals surface area contributed by atoms with Crippen molar-refractivity contribution in [1.82, 2.24) is 4.31 Å². The van der Waals surface area contributed by atoms with Gasteiger partial charge in [-0.05, 0) is 62.3 Å².